The molecule has 0 aromatic heterocycles. The molecule has 10 heavy (non-hydrogen) atoms. The topological polar surface area (TPSA) is 26.1 Å². The van der Waals surface area contributed by atoms with Gasteiger partial charge in [0.15, 0.2) is 0 Å². The third-order valence-electron chi connectivity index (χ3n) is 1.94. The van der Waals surface area contributed by atoms with Gasteiger partial charge in [-0.15, -0.1) is 5.43 Å². The van der Waals surface area contributed by atoms with Crippen molar-refractivity contribution in [3.63, 3.8) is 0 Å². The average molecular weight is 135 g/mol. The fraction of sp³-hybridized carbons (Fsp3) is 0.500. The Balaban J connectivity index is 2.19. The third-order valence-corrected chi connectivity index (χ3v) is 1.94. The predicted molar refractivity (Wildman–Crippen MR) is 40.2 cm³/mol. The van der Waals surface area contributed by atoms with Crippen molar-refractivity contribution in [2.75, 3.05) is 6.54 Å². The Morgan fingerprint density at radius 1 is 1.30 bits per heavy atom. The Labute approximate surface area is 61.0 Å². The van der Waals surface area contributed by atoms with Gasteiger partial charge in [-0.05, 0) is 24.8 Å². The zero-order valence-electron chi connectivity index (χ0n) is 5.93. The van der Waals surface area contributed by atoms with Crippen molar-refractivity contribution >= 4 is 0 Å². The average Bonchev–Trinajstić information content (AvgIpc) is 2.05. The molecule has 53 valence electrons. The highest BCUT2D eigenvalue weighted by atomic mass is 15.4. The summed E-state index contributed by atoms with van der Waals surface area (Å²) in [4.78, 5) is 0. The van der Waals surface area contributed by atoms with Gasteiger partial charge >= 0.3 is 0 Å². The van der Waals surface area contributed by atoms with Crippen LogP contribution in [0.1, 0.15) is 19.3 Å². The summed E-state index contributed by atoms with van der Waals surface area (Å²) in [7, 11) is 0. The molecule has 0 amide bonds. The Morgan fingerprint density at radius 3 is 3.10 bits per heavy atom. The van der Waals surface area contributed by atoms with Gasteiger partial charge in [-0.2, -0.15) is 0 Å². The van der Waals surface area contributed by atoms with Crippen LogP contribution in [-0.2, 0) is 0 Å². The second kappa shape index (κ2) is 2.46. The zero-order chi connectivity index (χ0) is 6.81. The van der Waals surface area contributed by atoms with E-state index in [1.807, 2.05) is 0 Å². The molecule has 0 unspecified atom stereocenters. The first kappa shape index (κ1) is 5.98. The van der Waals surface area contributed by atoms with Crippen molar-refractivity contribution in [2.24, 2.45) is 0 Å². The lowest BCUT2D eigenvalue weighted by molar-refractivity contribution is 0.540. The van der Waals surface area contributed by atoms with E-state index in [0.717, 1.165) is 13.0 Å². The van der Waals surface area contributed by atoms with Gasteiger partial charge in [-0.3, -0.25) is 0 Å². The van der Waals surface area contributed by atoms with Gasteiger partial charge < -0.3 is 5.43 Å². The lowest BCUT2D eigenvalue weighted by Gasteiger charge is -2.22. The largest absolute Gasteiger partial charge is 0.304 e. The van der Waals surface area contributed by atoms with Crippen molar-refractivity contribution in [3.05, 3.63) is 23.4 Å². The number of nitrogens with zero attached hydrogens (tertiary/aromatic N) is 1. The number of nitrogens with one attached hydrogen (secondary N) is 1. The standard InChI is InChI=1S/C8H11N2/c1-2-4-8-7(3-1)5-6-9-10-8/h3-4,10H,1-2,5-6H2. The van der Waals surface area contributed by atoms with E-state index in [4.69, 9.17) is 0 Å². The first-order valence-corrected chi connectivity index (χ1v) is 3.79. The second-order valence-corrected chi connectivity index (χ2v) is 2.67. The van der Waals surface area contributed by atoms with Crippen LogP contribution in [-0.4, -0.2) is 6.54 Å². The lowest BCUT2D eigenvalue weighted by atomic mass is 10.00. The molecular weight excluding hydrogens is 124 g/mol. The van der Waals surface area contributed by atoms with E-state index >= 15 is 0 Å². The maximum Gasteiger partial charge on any atom is 0.0493 e. The van der Waals surface area contributed by atoms with Crippen molar-refractivity contribution in [1.82, 2.24) is 10.9 Å². The van der Waals surface area contributed by atoms with Crippen molar-refractivity contribution in [2.45, 2.75) is 19.3 Å². The molecule has 2 aliphatic rings. The van der Waals surface area contributed by atoms with E-state index in [2.05, 4.69) is 23.0 Å². The molecule has 1 aliphatic carbocycles. The smallest absolute Gasteiger partial charge is 0.0493 e. The molecule has 0 saturated carbocycles. The monoisotopic (exact) mass is 135 g/mol. The fourth-order valence-electron chi connectivity index (χ4n) is 1.40. The Hall–Kier alpha value is -0.760. The Bertz CT molecular complexity index is 169. The molecule has 1 radical (unpaired) electrons. The van der Waals surface area contributed by atoms with Crippen molar-refractivity contribution < 1.29 is 0 Å². The second-order valence-electron chi connectivity index (χ2n) is 2.67. The summed E-state index contributed by atoms with van der Waals surface area (Å²) in [5.41, 5.74) is 9.85. The van der Waals surface area contributed by atoms with E-state index in [1.165, 1.54) is 24.1 Å². The van der Waals surface area contributed by atoms with Crippen molar-refractivity contribution in [1.29, 1.82) is 0 Å². The van der Waals surface area contributed by atoms with Gasteiger partial charge in [-0.25, -0.2) is 0 Å². The van der Waals surface area contributed by atoms with Gasteiger partial charge in [0, 0.05) is 12.2 Å². The highest BCUT2D eigenvalue weighted by Gasteiger charge is 2.12. The van der Waals surface area contributed by atoms with E-state index in [1.54, 1.807) is 0 Å². The summed E-state index contributed by atoms with van der Waals surface area (Å²) >= 11 is 0. The highest BCUT2D eigenvalue weighted by molar-refractivity contribution is 5.33. The summed E-state index contributed by atoms with van der Waals surface area (Å²) < 4.78 is 0. The van der Waals surface area contributed by atoms with Crippen LogP contribution in [0.15, 0.2) is 23.4 Å². The predicted octanol–water partition coefficient (Wildman–Crippen LogP) is 1.10. The van der Waals surface area contributed by atoms with Crippen LogP contribution in [0, 0.1) is 0 Å². The van der Waals surface area contributed by atoms with Gasteiger partial charge in [0.1, 0.15) is 0 Å². The third kappa shape index (κ3) is 0.948. The van der Waals surface area contributed by atoms with Crippen LogP contribution in [0.3, 0.4) is 0 Å². The van der Waals surface area contributed by atoms with Gasteiger partial charge in [0.05, 0.1) is 0 Å². The van der Waals surface area contributed by atoms with Gasteiger partial charge in [0.25, 0.3) is 0 Å². The molecular formula is C8H11N2. The van der Waals surface area contributed by atoms with Crippen LogP contribution in [0.4, 0.5) is 0 Å². The summed E-state index contributed by atoms with van der Waals surface area (Å²) in [6.45, 7) is 0.934. The fourth-order valence-corrected chi connectivity index (χ4v) is 1.40. The molecule has 0 aromatic carbocycles. The zero-order valence-corrected chi connectivity index (χ0v) is 5.93. The number of hydrogen-bond donors (Lipinski definition) is 1. The van der Waals surface area contributed by atoms with Crippen LogP contribution in [0.2, 0.25) is 0 Å². The molecule has 0 spiro atoms. The molecule has 1 fully saturated rings. The number of allylic oxidation sites excluding steroid dienone is 3. The number of hydrogen-bond acceptors (Lipinski definition) is 1. The van der Waals surface area contributed by atoms with E-state index in [-0.39, 0.29) is 0 Å². The first-order chi connectivity index (χ1) is 4.97. The van der Waals surface area contributed by atoms with Gasteiger partial charge in [0.2, 0.25) is 0 Å². The minimum Gasteiger partial charge on any atom is -0.304 e. The van der Waals surface area contributed by atoms with Crippen LogP contribution in [0.25, 0.3) is 0 Å². The van der Waals surface area contributed by atoms with Gasteiger partial charge in [-0.1, -0.05) is 12.2 Å². The summed E-state index contributed by atoms with van der Waals surface area (Å²) in [5, 5.41) is 0. The minimum atomic E-state index is 0.934. The molecule has 1 N–H and O–H groups in total. The highest BCUT2D eigenvalue weighted by Crippen LogP contribution is 2.20. The van der Waals surface area contributed by atoms with Crippen LogP contribution >= 0.6 is 0 Å². The molecule has 2 nitrogen and oxygen atoms in total. The quantitative estimate of drug-likeness (QED) is 0.529. The number of rotatable bonds is 0. The van der Waals surface area contributed by atoms with E-state index < -0.39 is 0 Å². The maximum atomic E-state index is 4.10. The van der Waals surface area contributed by atoms with Crippen LogP contribution in [0.5, 0.6) is 0 Å². The van der Waals surface area contributed by atoms with E-state index in [9.17, 15) is 0 Å². The molecule has 0 aromatic rings. The summed E-state index contributed by atoms with van der Waals surface area (Å²) in [6, 6.07) is 0. The van der Waals surface area contributed by atoms with Crippen molar-refractivity contribution in [3.8, 4) is 0 Å². The molecule has 2 rings (SSSR count). The molecule has 0 bridgehead atoms. The molecule has 1 heterocycles. The minimum absolute atomic E-state index is 0.934. The van der Waals surface area contributed by atoms with E-state index in [0.29, 0.717) is 0 Å². The van der Waals surface area contributed by atoms with Crippen LogP contribution < -0.4 is 10.9 Å². The molecule has 0 atom stereocenters. The summed E-state index contributed by atoms with van der Waals surface area (Å²) in [5.74, 6) is 0. The number of fused-ring (bicyclic) bond motifs is 1. The molecule has 1 saturated heterocycles. The molecule has 1 aliphatic heterocycles. The first-order valence-electron chi connectivity index (χ1n) is 3.79. The maximum absolute atomic E-state index is 4.10. The normalized spacial score (nSPS) is 24.0. The Morgan fingerprint density at radius 2 is 2.20 bits per heavy atom. The summed E-state index contributed by atoms with van der Waals surface area (Å²) in [6.07, 6.45) is 8.05. The molecule has 2 heteroatoms. The lowest BCUT2D eigenvalue weighted by Crippen LogP contribution is -2.32. The SMILES string of the molecule is C1=C2CC[N]NC2=CCC1. The Kier molecular flexibility index (Phi) is 1.47.